The first-order chi connectivity index (χ1) is 11.0. The average molecular weight is 322 g/mol. The lowest BCUT2D eigenvalue weighted by Gasteiger charge is -2.21. The number of nitrogens with one attached hydrogen (secondary N) is 1. The number of nitrogens with zero attached hydrogens (tertiary/aromatic N) is 3. The molecule has 0 bridgehead atoms. The maximum absolute atomic E-state index is 12.3. The summed E-state index contributed by atoms with van der Waals surface area (Å²) < 4.78 is 5.06. The molecule has 1 heterocycles. The molecule has 1 unspecified atom stereocenters. The predicted molar refractivity (Wildman–Crippen MR) is 86.8 cm³/mol. The number of methoxy groups -OCH3 is 1. The van der Waals surface area contributed by atoms with E-state index in [4.69, 9.17) is 4.74 Å². The van der Waals surface area contributed by atoms with Gasteiger partial charge in [-0.15, -0.1) is 0 Å². The summed E-state index contributed by atoms with van der Waals surface area (Å²) in [7, 11) is 3.32. The zero-order valence-electron chi connectivity index (χ0n) is 13.4. The Balaban J connectivity index is 1.86. The number of nitro groups is 1. The van der Waals surface area contributed by atoms with Crippen molar-refractivity contribution < 1.29 is 14.5 Å². The van der Waals surface area contributed by atoms with Gasteiger partial charge in [-0.2, -0.15) is 0 Å². The third-order valence-corrected chi connectivity index (χ3v) is 3.96. The fraction of sp³-hybridized carbons (Fsp3) is 0.533. The Bertz CT molecular complexity index is 549. The summed E-state index contributed by atoms with van der Waals surface area (Å²) in [6.07, 6.45) is 0.906. The molecule has 1 saturated heterocycles. The minimum atomic E-state index is -0.461. The topological polar surface area (TPSA) is 88.0 Å². The summed E-state index contributed by atoms with van der Waals surface area (Å²) in [4.78, 5) is 26.2. The van der Waals surface area contributed by atoms with Gasteiger partial charge in [-0.3, -0.25) is 19.9 Å². The number of urea groups is 1. The molecule has 1 aliphatic heterocycles. The van der Waals surface area contributed by atoms with Gasteiger partial charge in [-0.05, 0) is 18.6 Å². The molecule has 1 atom stereocenters. The first-order valence-electron chi connectivity index (χ1n) is 7.51. The van der Waals surface area contributed by atoms with Crippen LogP contribution in [0.15, 0.2) is 24.3 Å². The minimum absolute atomic E-state index is 0.00661. The summed E-state index contributed by atoms with van der Waals surface area (Å²) in [5, 5.41) is 13.6. The second kappa shape index (κ2) is 7.89. The Morgan fingerprint density at radius 2 is 2.17 bits per heavy atom. The number of amides is 2. The second-order valence-corrected chi connectivity index (χ2v) is 5.56. The van der Waals surface area contributed by atoms with Crippen molar-refractivity contribution in [2.24, 2.45) is 0 Å². The molecule has 0 aromatic heterocycles. The average Bonchev–Trinajstić information content (AvgIpc) is 2.99. The SMILES string of the molecule is COCCN1CCC(NC(=O)N(C)c2ccc([N+](=O)[O-])cc2)C1. The van der Waals surface area contributed by atoms with Crippen molar-refractivity contribution >= 4 is 17.4 Å². The van der Waals surface area contributed by atoms with Gasteiger partial charge < -0.3 is 10.1 Å². The highest BCUT2D eigenvalue weighted by atomic mass is 16.6. The smallest absolute Gasteiger partial charge is 0.321 e. The fourth-order valence-corrected chi connectivity index (χ4v) is 2.56. The zero-order valence-corrected chi connectivity index (χ0v) is 13.4. The minimum Gasteiger partial charge on any atom is -0.383 e. The predicted octanol–water partition coefficient (Wildman–Crippen LogP) is 1.46. The Hall–Kier alpha value is -2.19. The van der Waals surface area contributed by atoms with Crippen LogP contribution in [-0.4, -0.2) is 62.3 Å². The lowest BCUT2D eigenvalue weighted by molar-refractivity contribution is -0.384. The van der Waals surface area contributed by atoms with Crippen molar-refractivity contribution in [3.63, 3.8) is 0 Å². The van der Waals surface area contributed by atoms with E-state index < -0.39 is 4.92 Å². The van der Waals surface area contributed by atoms with Crippen LogP contribution in [0.25, 0.3) is 0 Å². The molecule has 0 radical (unpaired) electrons. The molecule has 1 aromatic rings. The van der Waals surface area contributed by atoms with E-state index in [9.17, 15) is 14.9 Å². The first kappa shape index (κ1) is 17.2. The number of likely N-dealkylation sites (tertiary alicyclic amines) is 1. The van der Waals surface area contributed by atoms with Gasteiger partial charge in [0, 0.05) is 57.7 Å². The monoisotopic (exact) mass is 322 g/mol. The lowest BCUT2D eigenvalue weighted by atomic mass is 10.2. The van der Waals surface area contributed by atoms with Gasteiger partial charge in [-0.1, -0.05) is 0 Å². The van der Waals surface area contributed by atoms with Crippen LogP contribution in [0.3, 0.4) is 0 Å². The number of carbonyl (C=O) groups excluding carboxylic acids is 1. The number of nitro benzene ring substituents is 1. The Morgan fingerprint density at radius 3 is 2.78 bits per heavy atom. The maximum Gasteiger partial charge on any atom is 0.321 e. The van der Waals surface area contributed by atoms with E-state index in [0.29, 0.717) is 12.3 Å². The molecular weight excluding hydrogens is 300 g/mol. The van der Waals surface area contributed by atoms with E-state index in [1.807, 2.05) is 0 Å². The van der Waals surface area contributed by atoms with Crippen molar-refractivity contribution in [3.8, 4) is 0 Å². The standard InChI is InChI=1S/C15H22N4O4/c1-17(13-3-5-14(6-4-13)19(21)22)15(20)16-12-7-8-18(11-12)9-10-23-2/h3-6,12H,7-11H2,1-2H3,(H,16,20). The Kier molecular flexibility index (Phi) is 5.89. The Morgan fingerprint density at radius 1 is 1.48 bits per heavy atom. The number of hydrogen-bond donors (Lipinski definition) is 1. The number of anilines is 1. The molecule has 2 rings (SSSR count). The molecular formula is C15H22N4O4. The quantitative estimate of drug-likeness (QED) is 0.633. The van der Waals surface area contributed by atoms with Crippen molar-refractivity contribution in [1.29, 1.82) is 0 Å². The molecule has 1 aromatic carbocycles. The molecule has 1 fully saturated rings. The van der Waals surface area contributed by atoms with Gasteiger partial charge in [0.05, 0.1) is 11.5 Å². The number of rotatable bonds is 6. The van der Waals surface area contributed by atoms with E-state index in [0.717, 1.165) is 26.1 Å². The zero-order chi connectivity index (χ0) is 16.8. The Labute approximate surface area is 135 Å². The highest BCUT2D eigenvalue weighted by molar-refractivity contribution is 5.91. The lowest BCUT2D eigenvalue weighted by Crippen LogP contribution is -2.44. The highest BCUT2D eigenvalue weighted by Crippen LogP contribution is 2.18. The molecule has 1 aliphatic rings. The summed E-state index contributed by atoms with van der Waals surface area (Å²) >= 11 is 0. The van der Waals surface area contributed by atoms with Crippen LogP contribution >= 0.6 is 0 Å². The van der Waals surface area contributed by atoms with Crippen molar-refractivity contribution in [1.82, 2.24) is 10.2 Å². The van der Waals surface area contributed by atoms with Gasteiger partial charge in [0.15, 0.2) is 0 Å². The fourth-order valence-electron chi connectivity index (χ4n) is 2.56. The molecule has 23 heavy (non-hydrogen) atoms. The number of ether oxygens (including phenoxy) is 1. The molecule has 1 N–H and O–H groups in total. The highest BCUT2D eigenvalue weighted by Gasteiger charge is 2.24. The molecule has 2 amide bonds. The van der Waals surface area contributed by atoms with Gasteiger partial charge in [-0.25, -0.2) is 4.79 Å². The van der Waals surface area contributed by atoms with E-state index in [2.05, 4.69) is 10.2 Å². The van der Waals surface area contributed by atoms with Crippen LogP contribution in [0.4, 0.5) is 16.2 Å². The van der Waals surface area contributed by atoms with Gasteiger partial charge >= 0.3 is 6.03 Å². The second-order valence-electron chi connectivity index (χ2n) is 5.56. The van der Waals surface area contributed by atoms with E-state index in [1.54, 1.807) is 26.3 Å². The molecule has 8 heteroatoms. The number of non-ortho nitro benzene ring substituents is 1. The van der Waals surface area contributed by atoms with Crippen LogP contribution in [0.2, 0.25) is 0 Å². The third-order valence-electron chi connectivity index (χ3n) is 3.96. The molecule has 8 nitrogen and oxygen atoms in total. The summed E-state index contributed by atoms with van der Waals surface area (Å²) in [5.74, 6) is 0. The molecule has 0 spiro atoms. The molecule has 0 saturated carbocycles. The van der Waals surface area contributed by atoms with Crippen LogP contribution in [0.5, 0.6) is 0 Å². The maximum atomic E-state index is 12.3. The number of benzene rings is 1. The third kappa shape index (κ3) is 4.64. The largest absolute Gasteiger partial charge is 0.383 e. The van der Waals surface area contributed by atoms with Crippen LogP contribution in [-0.2, 0) is 4.74 Å². The normalized spacial score (nSPS) is 17.9. The van der Waals surface area contributed by atoms with Gasteiger partial charge in [0.1, 0.15) is 0 Å². The summed E-state index contributed by atoms with van der Waals surface area (Å²) in [6.45, 7) is 3.29. The van der Waals surface area contributed by atoms with Crippen LogP contribution in [0.1, 0.15) is 6.42 Å². The molecule has 0 aliphatic carbocycles. The summed E-state index contributed by atoms with van der Waals surface area (Å²) in [5.41, 5.74) is 0.620. The molecule has 126 valence electrons. The number of hydrogen-bond acceptors (Lipinski definition) is 5. The first-order valence-corrected chi connectivity index (χ1v) is 7.51. The van der Waals surface area contributed by atoms with Crippen LogP contribution < -0.4 is 10.2 Å². The van der Waals surface area contributed by atoms with Gasteiger partial charge in [0.25, 0.3) is 5.69 Å². The van der Waals surface area contributed by atoms with Crippen LogP contribution in [0, 0.1) is 10.1 Å². The van der Waals surface area contributed by atoms with Gasteiger partial charge in [0.2, 0.25) is 0 Å². The van der Waals surface area contributed by atoms with E-state index in [-0.39, 0.29) is 17.8 Å². The number of carbonyl (C=O) groups is 1. The van der Waals surface area contributed by atoms with Crippen molar-refractivity contribution in [3.05, 3.63) is 34.4 Å². The van der Waals surface area contributed by atoms with E-state index >= 15 is 0 Å². The summed E-state index contributed by atoms with van der Waals surface area (Å²) in [6, 6.07) is 5.81. The van der Waals surface area contributed by atoms with E-state index in [1.165, 1.54) is 17.0 Å². The van der Waals surface area contributed by atoms with Crippen molar-refractivity contribution in [2.75, 3.05) is 45.3 Å². The van der Waals surface area contributed by atoms with Crippen molar-refractivity contribution in [2.45, 2.75) is 12.5 Å².